The SMILES string of the molecule is Cc1cc2c(-c3nnn[nH]3)cccc2n1-c1nc(N)c2c(n1)CCCC2Cc1ccccc1. The second-order valence-electron chi connectivity index (χ2n) is 8.66. The second-order valence-corrected chi connectivity index (χ2v) is 8.66. The van der Waals surface area contributed by atoms with E-state index in [1.807, 2.05) is 12.1 Å². The maximum Gasteiger partial charge on any atom is 0.236 e. The van der Waals surface area contributed by atoms with Gasteiger partial charge in [-0.05, 0) is 66.6 Å². The van der Waals surface area contributed by atoms with E-state index in [9.17, 15) is 0 Å². The van der Waals surface area contributed by atoms with Crippen LogP contribution in [0.25, 0.3) is 28.2 Å². The molecule has 1 atom stereocenters. The van der Waals surface area contributed by atoms with Gasteiger partial charge < -0.3 is 5.73 Å². The van der Waals surface area contributed by atoms with Crippen LogP contribution in [0.5, 0.6) is 0 Å². The maximum absolute atomic E-state index is 6.60. The Kier molecular flexibility index (Phi) is 4.64. The molecule has 3 heterocycles. The molecule has 33 heavy (non-hydrogen) atoms. The first kappa shape index (κ1) is 19.6. The van der Waals surface area contributed by atoms with Crippen LogP contribution in [0.15, 0.2) is 54.6 Å². The number of nitrogen functional groups attached to an aromatic ring is 1. The van der Waals surface area contributed by atoms with Gasteiger partial charge in [0.15, 0.2) is 5.82 Å². The molecule has 8 heteroatoms. The number of anilines is 1. The van der Waals surface area contributed by atoms with Gasteiger partial charge in [-0.25, -0.2) is 10.1 Å². The van der Waals surface area contributed by atoms with Crippen LogP contribution < -0.4 is 5.73 Å². The van der Waals surface area contributed by atoms with Gasteiger partial charge in [0, 0.05) is 22.2 Å². The molecular formula is C25H24N8. The zero-order valence-electron chi connectivity index (χ0n) is 18.4. The van der Waals surface area contributed by atoms with Gasteiger partial charge in [0.1, 0.15) is 5.82 Å². The monoisotopic (exact) mass is 436 g/mol. The summed E-state index contributed by atoms with van der Waals surface area (Å²) in [5.74, 6) is 2.19. The molecule has 1 unspecified atom stereocenters. The normalized spacial score (nSPS) is 15.6. The Morgan fingerprint density at radius 3 is 2.79 bits per heavy atom. The molecule has 0 spiro atoms. The van der Waals surface area contributed by atoms with Gasteiger partial charge in [0.25, 0.3) is 0 Å². The first-order valence-electron chi connectivity index (χ1n) is 11.2. The zero-order chi connectivity index (χ0) is 22.4. The number of nitrogens with two attached hydrogens (primary N) is 1. The Bertz CT molecular complexity index is 1440. The van der Waals surface area contributed by atoms with Crippen LogP contribution in [0, 0.1) is 6.92 Å². The van der Waals surface area contributed by atoms with Crippen molar-refractivity contribution in [1.29, 1.82) is 0 Å². The minimum atomic E-state index is 0.346. The highest BCUT2D eigenvalue weighted by Crippen LogP contribution is 2.37. The molecule has 1 aliphatic carbocycles. The molecule has 8 nitrogen and oxygen atoms in total. The van der Waals surface area contributed by atoms with Gasteiger partial charge in [-0.1, -0.05) is 42.5 Å². The van der Waals surface area contributed by atoms with Crippen molar-refractivity contribution in [3.63, 3.8) is 0 Å². The molecule has 0 aliphatic heterocycles. The number of fused-ring (bicyclic) bond motifs is 2. The number of aryl methyl sites for hydroxylation is 2. The second kappa shape index (κ2) is 7.81. The Hall–Kier alpha value is -4.07. The van der Waals surface area contributed by atoms with Crippen LogP contribution in [0.3, 0.4) is 0 Å². The number of tetrazole rings is 1. The van der Waals surface area contributed by atoms with E-state index in [-0.39, 0.29) is 0 Å². The van der Waals surface area contributed by atoms with E-state index in [0.29, 0.717) is 23.5 Å². The van der Waals surface area contributed by atoms with Crippen LogP contribution in [0.1, 0.15) is 41.3 Å². The maximum atomic E-state index is 6.60. The van der Waals surface area contributed by atoms with E-state index in [0.717, 1.165) is 59.1 Å². The standard InChI is InChI=1S/C25H24N8/c1-15-13-19-18(24-29-31-32-30-24)10-6-12-21(19)33(15)25-27-20-11-5-9-17(22(20)23(26)28-25)14-16-7-3-2-4-8-16/h2-4,6-8,10,12-13,17H,5,9,11,14H2,1H3,(H2,26,27,28)(H,29,30,31,32). The summed E-state index contributed by atoms with van der Waals surface area (Å²) in [6.07, 6.45) is 4.09. The van der Waals surface area contributed by atoms with E-state index in [1.54, 1.807) is 0 Å². The number of hydrogen-bond donors (Lipinski definition) is 2. The lowest BCUT2D eigenvalue weighted by Gasteiger charge is -2.26. The van der Waals surface area contributed by atoms with Crippen molar-refractivity contribution < 1.29 is 0 Å². The van der Waals surface area contributed by atoms with E-state index >= 15 is 0 Å². The molecule has 0 amide bonds. The van der Waals surface area contributed by atoms with Gasteiger partial charge in [-0.3, -0.25) is 4.57 Å². The van der Waals surface area contributed by atoms with Crippen molar-refractivity contribution >= 4 is 16.7 Å². The third-order valence-corrected chi connectivity index (χ3v) is 6.57. The van der Waals surface area contributed by atoms with Crippen LogP contribution in [-0.4, -0.2) is 35.2 Å². The molecule has 0 saturated heterocycles. The summed E-state index contributed by atoms with van der Waals surface area (Å²) in [4.78, 5) is 9.84. The Balaban J connectivity index is 1.45. The highest BCUT2D eigenvalue weighted by Gasteiger charge is 2.27. The van der Waals surface area contributed by atoms with Crippen molar-refractivity contribution in [2.75, 3.05) is 5.73 Å². The van der Waals surface area contributed by atoms with Crippen molar-refractivity contribution in [3.8, 4) is 17.3 Å². The topological polar surface area (TPSA) is 111 Å². The number of rotatable bonds is 4. The first-order chi connectivity index (χ1) is 16.2. The number of hydrogen-bond acceptors (Lipinski definition) is 6. The Labute approximate surface area is 190 Å². The zero-order valence-corrected chi connectivity index (χ0v) is 18.4. The number of aromatic amines is 1. The van der Waals surface area contributed by atoms with Crippen molar-refractivity contribution in [2.45, 2.75) is 38.5 Å². The number of H-pyrrole nitrogens is 1. The molecule has 0 radical (unpaired) electrons. The lowest BCUT2D eigenvalue weighted by atomic mass is 9.82. The number of benzene rings is 2. The van der Waals surface area contributed by atoms with Crippen molar-refractivity contribution in [2.24, 2.45) is 0 Å². The van der Waals surface area contributed by atoms with Gasteiger partial charge in [-0.2, -0.15) is 4.98 Å². The van der Waals surface area contributed by atoms with Gasteiger partial charge in [0.05, 0.1) is 11.2 Å². The fourth-order valence-corrected chi connectivity index (χ4v) is 5.13. The van der Waals surface area contributed by atoms with E-state index in [1.165, 1.54) is 5.56 Å². The molecule has 0 fully saturated rings. The Morgan fingerprint density at radius 2 is 1.97 bits per heavy atom. The third kappa shape index (κ3) is 3.34. The number of nitrogens with one attached hydrogen (secondary N) is 1. The molecule has 2 aromatic carbocycles. The highest BCUT2D eigenvalue weighted by atomic mass is 15.5. The molecule has 5 aromatic rings. The van der Waals surface area contributed by atoms with Crippen molar-refractivity contribution in [1.82, 2.24) is 35.2 Å². The largest absolute Gasteiger partial charge is 0.383 e. The minimum Gasteiger partial charge on any atom is -0.383 e. The number of nitrogens with zero attached hydrogens (tertiary/aromatic N) is 6. The van der Waals surface area contributed by atoms with Gasteiger partial charge in [-0.15, -0.1) is 5.10 Å². The quantitative estimate of drug-likeness (QED) is 0.438. The van der Waals surface area contributed by atoms with Crippen LogP contribution in [0.2, 0.25) is 0 Å². The minimum absolute atomic E-state index is 0.346. The fraction of sp³-hybridized carbons (Fsp3) is 0.240. The predicted molar refractivity (Wildman–Crippen MR) is 127 cm³/mol. The average molecular weight is 437 g/mol. The molecule has 6 rings (SSSR count). The molecule has 0 saturated carbocycles. The lowest BCUT2D eigenvalue weighted by Crippen LogP contribution is -2.19. The summed E-state index contributed by atoms with van der Waals surface area (Å²) in [6, 6.07) is 18.8. The van der Waals surface area contributed by atoms with Gasteiger partial charge in [0.2, 0.25) is 5.95 Å². The molecule has 3 aromatic heterocycles. The summed E-state index contributed by atoms with van der Waals surface area (Å²) in [5.41, 5.74) is 13.1. The molecule has 3 N–H and O–H groups in total. The van der Waals surface area contributed by atoms with E-state index in [4.69, 9.17) is 15.7 Å². The lowest BCUT2D eigenvalue weighted by molar-refractivity contribution is 0.539. The molecular weight excluding hydrogens is 412 g/mol. The third-order valence-electron chi connectivity index (χ3n) is 6.57. The fourth-order valence-electron chi connectivity index (χ4n) is 5.13. The summed E-state index contributed by atoms with van der Waals surface area (Å²) in [7, 11) is 0. The van der Waals surface area contributed by atoms with Crippen LogP contribution >= 0.6 is 0 Å². The summed E-state index contributed by atoms with van der Waals surface area (Å²) >= 11 is 0. The first-order valence-corrected chi connectivity index (χ1v) is 11.2. The number of aromatic nitrogens is 7. The van der Waals surface area contributed by atoms with E-state index < -0.39 is 0 Å². The van der Waals surface area contributed by atoms with Crippen molar-refractivity contribution in [3.05, 3.63) is 77.1 Å². The molecule has 0 bridgehead atoms. The molecule has 164 valence electrons. The van der Waals surface area contributed by atoms with Crippen LogP contribution in [-0.2, 0) is 12.8 Å². The van der Waals surface area contributed by atoms with E-state index in [2.05, 4.69) is 74.6 Å². The highest BCUT2D eigenvalue weighted by molar-refractivity contribution is 5.95. The van der Waals surface area contributed by atoms with Gasteiger partial charge >= 0.3 is 0 Å². The summed E-state index contributed by atoms with van der Waals surface area (Å²) < 4.78 is 2.07. The molecule has 1 aliphatic rings. The van der Waals surface area contributed by atoms with Crippen LogP contribution in [0.4, 0.5) is 5.82 Å². The summed E-state index contributed by atoms with van der Waals surface area (Å²) in [5, 5.41) is 15.4. The summed E-state index contributed by atoms with van der Waals surface area (Å²) in [6.45, 7) is 2.06. The smallest absolute Gasteiger partial charge is 0.236 e. The predicted octanol–water partition coefficient (Wildman–Crippen LogP) is 4.15. The Morgan fingerprint density at radius 1 is 1.09 bits per heavy atom. The average Bonchev–Trinajstić information content (AvgIpc) is 3.47.